The third kappa shape index (κ3) is 2.78. The van der Waals surface area contributed by atoms with Crippen LogP contribution in [-0.2, 0) is 10.2 Å². The number of hydrogen-bond donors (Lipinski definition) is 2. The van der Waals surface area contributed by atoms with Crippen molar-refractivity contribution in [1.29, 1.82) is 0 Å². The number of phenols is 1. The minimum atomic E-state index is -1.04. The van der Waals surface area contributed by atoms with E-state index in [2.05, 4.69) is 11.8 Å². The highest BCUT2D eigenvalue weighted by atomic mass is 16.5. The van der Waals surface area contributed by atoms with Crippen LogP contribution in [0.2, 0.25) is 0 Å². The zero-order valence-electron chi connectivity index (χ0n) is 16.6. The zero-order valence-corrected chi connectivity index (χ0v) is 16.6. The number of hydrogen-bond acceptors (Lipinski definition) is 5. The first kappa shape index (κ1) is 18.8. The summed E-state index contributed by atoms with van der Waals surface area (Å²) >= 11 is 0. The van der Waals surface area contributed by atoms with Crippen LogP contribution in [-0.4, -0.2) is 52.7 Å². The maximum atomic E-state index is 12.6. The number of ether oxygens (including phenoxy) is 1. The number of methoxy groups -OCH3 is 1. The normalized spacial score (nSPS) is 34.4. The summed E-state index contributed by atoms with van der Waals surface area (Å²) in [6.45, 7) is 5.91. The SMILES string of the molecule is COc1ccc(C)c(C23CCN(CC4CC4)C(C)C2(O)CCC(=O)C3)c1O. The van der Waals surface area contributed by atoms with E-state index in [0.29, 0.717) is 30.6 Å². The number of rotatable bonds is 4. The fraction of sp³-hybridized carbons (Fsp3) is 0.682. The zero-order chi connectivity index (χ0) is 19.4. The lowest BCUT2D eigenvalue weighted by Gasteiger charge is -2.60. The van der Waals surface area contributed by atoms with E-state index >= 15 is 0 Å². The molecule has 1 heterocycles. The van der Waals surface area contributed by atoms with Crippen LogP contribution in [0.15, 0.2) is 12.1 Å². The largest absolute Gasteiger partial charge is 0.504 e. The van der Waals surface area contributed by atoms with Gasteiger partial charge in [-0.15, -0.1) is 0 Å². The number of phenolic OH excluding ortho intramolecular Hbond substituents is 1. The Balaban J connectivity index is 1.83. The van der Waals surface area contributed by atoms with Crippen molar-refractivity contribution in [3.05, 3.63) is 23.3 Å². The molecule has 0 radical (unpaired) electrons. The van der Waals surface area contributed by atoms with E-state index in [1.54, 1.807) is 6.07 Å². The van der Waals surface area contributed by atoms with Gasteiger partial charge in [-0.2, -0.15) is 0 Å². The molecule has 3 fully saturated rings. The van der Waals surface area contributed by atoms with Gasteiger partial charge in [0.15, 0.2) is 11.5 Å². The Morgan fingerprint density at radius 1 is 1.30 bits per heavy atom. The predicted octanol–water partition coefficient (Wildman–Crippen LogP) is 2.94. The molecule has 27 heavy (non-hydrogen) atoms. The predicted molar refractivity (Wildman–Crippen MR) is 103 cm³/mol. The first-order chi connectivity index (χ1) is 12.8. The van der Waals surface area contributed by atoms with Crippen molar-refractivity contribution in [2.45, 2.75) is 69.4 Å². The number of carbonyl (C=O) groups excluding carboxylic acids is 1. The van der Waals surface area contributed by atoms with Crippen molar-refractivity contribution in [3.63, 3.8) is 0 Å². The second-order valence-corrected chi connectivity index (χ2v) is 8.89. The molecule has 4 rings (SSSR count). The van der Waals surface area contributed by atoms with Gasteiger partial charge in [0.25, 0.3) is 0 Å². The maximum absolute atomic E-state index is 12.6. The van der Waals surface area contributed by atoms with E-state index in [1.807, 2.05) is 13.0 Å². The van der Waals surface area contributed by atoms with Crippen LogP contribution in [0.3, 0.4) is 0 Å². The first-order valence-electron chi connectivity index (χ1n) is 10.2. The highest BCUT2D eigenvalue weighted by Crippen LogP contribution is 2.57. The Kier molecular flexibility index (Phi) is 4.51. The fourth-order valence-corrected chi connectivity index (χ4v) is 5.64. The highest BCUT2D eigenvalue weighted by molar-refractivity contribution is 5.82. The van der Waals surface area contributed by atoms with E-state index in [-0.39, 0.29) is 24.0 Å². The molecule has 1 aromatic rings. The van der Waals surface area contributed by atoms with Gasteiger partial charge < -0.3 is 14.9 Å². The van der Waals surface area contributed by atoms with Crippen LogP contribution < -0.4 is 4.74 Å². The summed E-state index contributed by atoms with van der Waals surface area (Å²) in [6.07, 6.45) is 4.37. The standard InChI is InChI=1S/C22H31NO4/c1-14-4-7-18(27-3)20(25)19(14)21-10-11-23(13-16-5-6-16)15(2)22(21,26)9-8-17(24)12-21/h4,7,15-16,25-26H,5-6,8-13H2,1-3H3. The Morgan fingerprint density at radius 2 is 2.04 bits per heavy atom. The molecule has 1 saturated heterocycles. The van der Waals surface area contributed by atoms with Crippen molar-refractivity contribution in [1.82, 2.24) is 4.90 Å². The molecule has 0 aromatic heterocycles. The van der Waals surface area contributed by atoms with E-state index < -0.39 is 11.0 Å². The number of likely N-dealkylation sites (tertiary alicyclic amines) is 1. The van der Waals surface area contributed by atoms with Gasteiger partial charge in [-0.05, 0) is 63.6 Å². The van der Waals surface area contributed by atoms with Crippen molar-refractivity contribution < 1.29 is 19.7 Å². The Labute approximate surface area is 161 Å². The first-order valence-corrected chi connectivity index (χ1v) is 10.2. The van der Waals surface area contributed by atoms with Gasteiger partial charge in [0.2, 0.25) is 0 Å². The molecule has 1 aliphatic heterocycles. The van der Waals surface area contributed by atoms with Crippen LogP contribution in [0, 0.1) is 12.8 Å². The molecule has 3 unspecified atom stereocenters. The monoisotopic (exact) mass is 373 g/mol. The fourth-order valence-electron chi connectivity index (χ4n) is 5.64. The molecule has 5 heteroatoms. The van der Waals surface area contributed by atoms with Crippen molar-refractivity contribution in [2.75, 3.05) is 20.2 Å². The minimum absolute atomic E-state index is 0.0510. The molecule has 2 aliphatic carbocycles. The van der Waals surface area contributed by atoms with Crippen LogP contribution in [0.4, 0.5) is 0 Å². The van der Waals surface area contributed by atoms with E-state index in [4.69, 9.17) is 4.74 Å². The van der Waals surface area contributed by atoms with Crippen LogP contribution in [0.25, 0.3) is 0 Å². The summed E-state index contributed by atoms with van der Waals surface area (Å²) in [5.41, 5.74) is -0.188. The molecular formula is C22H31NO4. The maximum Gasteiger partial charge on any atom is 0.161 e. The second kappa shape index (κ2) is 6.49. The number of aryl methyl sites for hydroxylation is 1. The molecule has 0 spiro atoms. The minimum Gasteiger partial charge on any atom is -0.504 e. The molecule has 0 amide bonds. The topological polar surface area (TPSA) is 70.0 Å². The van der Waals surface area contributed by atoms with Crippen LogP contribution >= 0.6 is 0 Å². The van der Waals surface area contributed by atoms with Crippen LogP contribution in [0.1, 0.15) is 56.6 Å². The van der Waals surface area contributed by atoms with Crippen molar-refractivity contribution in [2.24, 2.45) is 5.92 Å². The summed E-state index contributed by atoms with van der Waals surface area (Å²) in [5.74, 6) is 1.40. The lowest BCUT2D eigenvalue weighted by molar-refractivity contribution is -0.165. The Hall–Kier alpha value is -1.59. The lowest BCUT2D eigenvalue weighted by atomic mass is 9.53. The molecule has 3 atom stereocenters. The summed E-state index contributed by atoms with van der Waals surface area (Å²) in [6, 6.07) is 3.62. The Bertz CT molecular complexity index is 759. The molecule has 0 bridgehead atoms. The molecule has 148 valence electrons. The highest BCUT2D eigenvalue weighted by Gasteiger charge is 2.62. The van der Waals surface area contributed by atoms with Crippen LogP contribution in [0.5, 0.6) is 11.5 Å². The number of fused-ring (bicyclic) bond motifs is 1. The molecule has 5 nitrogen and oxygen atoms in total. The van der Waals surface area contributed by atoms with Crippen molar-refractivity contribution >= 4 is 5.78 Å². The molecule has 2 N–H and O–H groups in total. The number of carbonyl (C=O) groups is 1. The number of nitrogens with zero attached hydrogens (tertiary/aromatic N) is 1. The summed E-state index contributed by atoms with van der Waals surface area (Å²) in [7, 11) is 1.53. The summed E-state index contributed by atoms with van der Waals surface area (Å²) < 4.78 is 5.35. The van der Waals surface area contributed by atoms with Gasteiger partial charge in [0.05, 0.1) is 12.7 Å². The van der Waals surface area contributed by atoms with E-state index in [9.17, 15) is 15.0 Å². The smallest absolute Gasteiger partial charge is 0.161 e. The number of benzene rings is 1. The van der Waals surface area contributed by atoms with Gasteiger partial charge in [-0.25, -0.2) is 0 Å². The number of aliphatic hydroxyl groups is 1. The third-order valence-corrected chi connectivity index (χ3v) is 7.41. The quantitative estimate of drug-likeness (QED) is 0.849. The van der Waals surface area contributed by atoms with Gasteiger partial charge >= 0.3 is 0 Å². The molecule has 3 aliphatic rings. The van der Waals surface area contributed by atoms with Crippen molar-refractivity contribution in [3.8, 4) is 11.5 Å². The number of Topliss-reactive ketones (excluding diaryl/α,β-unsaturated/α-hetero) is 1. The number of piperidine rings is 1. The second-order valence-electron chi connectivity index (χ2n) is 8.89. The van der Waals surface area contributed by atoms with Gasteiger partial charge in [-0.3, -0.25) is 9.69 Å². The molecule has 1 aromatic carbocycles. The third-order valence-electron chi connectivity index (χ3n) is 7.41. The van der Waals surface area contributed by atoms with E-state index in [1.165, 1.54) is 20.0 Å². The average molecular weight is 373 g/mol. The molecule has 2 saturated carbocycles. The van der Waals surface area contributed by atoms with Gasteiger partial charge in [-0.1, -0.05) is 6.07 Å². The molecular weight excluding hydrogens is 342 g/mol. The number of aromatic hydroxyl groups is 1. The van der Waals surface area contributed by atoms with E-state index in [0.717, 1.165) is 24.6 Å². The lowest BCUT2D eigenvalue weighted by Crippen LogP contribution is -2.70. The number of ketones is 1. The summed E-state index contributed by atoms with van der Waals surface area (Å²) in [4.78, 5) is 15.0. The average Bonchev–Trinajstić information content (AvgIpc) is 3.44. The Morgan fingerprint density at radius 3 is 2.70 bits per heavy atom. The van der Waals surface area contributed by atoms with Gasteiger partial charge in [0, 0.05) is 36.4 Å². The summed E-state index contributed by atoms with van der Waals surface area (Å²) in [5, 5.41) is 23.1. The van der Waals surface area contributed by atoms with Gasteiger partial charge in [0.1, 0.15) is 5.78 Å².